The maximum Gasteiger partial charge on any atom is 0.340 e. The SMILES string of the molecule is O=C(CBr)Nc1ccc2c(c1)C1(OC2=O)c2ccc(O)cc2Oc2cc(O)ccc21. The summed E-state index contributed by atoms with van der Waals surface area (Å²) in [6, 6.07) is 14.0. The van der Waals surface area contributed by atoms with E-state index in [0.717, 1.165) is 0 Å². The minimum absolute atomic E-state index is 0.0182. The Bertz CT molecular complexity index is 1190. The molecule has 0 aliphatic carbocycles. The molecule has 1 spiro atoms. The maximum atomic E-state index is 12.8. The number of rotatable bonds is 2. The largest absolute Gasteiger partial charge is 0.508 e. The fourth-order valence-corrected chi connectivity index (χ4v) is 4.11. The van der Waals surface area contributed by atoms with Gasteiger partial charge >= 0.3 is 5.97 Å². The third-order valence-corrected chi connectivity index (χ3v) is 5.69. The molecule has 3 aromatic carbocycles. The van der Waals surface area contributed by atoms with Gasteiger partial charge in [-0.15, -0.1) is 0 Å². The molecule has 2 aliphatic heterocycles. The highest BCUT2D eigenvalue weighted by Gasteiger charge is 2.53. The third-order valence-electron chi connectivity index (χ3n) is 5.18. The molecule has 0 saturated carbocycles. The smallest absolute Gasteiger partial charge is 0.340 e. The van der Waals surface area contributed by atoms with Crippen molar-refractivity contribution in [1.29, 1.82) is 0 Å². The Morgan fingerprint density at radius 2 is 1.57 bits per heavy atom. The Kier molecular flexibility index (Phi) is 4.01. The molecule has 3 N–H and O–H groups in total. The summed E-state index contributed by atoms with van der Waals surface area (Å²) in [5, 5.41) is 22.8. The number of alkyl halides is 1. The molecular weight excluding hydrogens is 454 g/mol. The van der Waals surface area contributed by atoms with Gasteiger partial charge in [-0.2, -0.15) is 0 Å². The first-order chi connectivity index (χ1) is 14.4. The van der Waals surface area contributed by atoms with Crippen LogP contribution in [0.25, 0.3) is 0 Å². The molecule has 0 fully saturated rings. The van der Waals surface area contributed by atoms with Crippen LogP contribution in [-0.4, -0.2) is 27.4 Å². The van der Waals surface area contributed by atoms with E-state index in [1.807, 2.05) is 0 Å². The number of carbonyl (C=O) groups excluding carboxylic acids is 2. The van der Waals surface area contributed by atoms with Crippen LogP contribution < -0.4 is 10.1 Å². The number of ether oxygens (including phenoxy) is 2. The number of amides is 1. The van der Waals surface area contributed by atoms with Crippen LogP contribution in [0.2, 0.25) is 0 Å². The van der Waals surface area contributed by atoms with Crippen molar-refractivity contribution in [3.63, 3.8) is 0 Å². The number of benzene rings is 3. The third kappa shape index (κ3) is 2.57. The normalized spacial score (nSPS) is 14.9. The first-order valence-corrected chi connectivity index (χ1v) is 10.1. The average molecular weight is 468 g/mol. The van der Waals surface area contributed by atoms with E-state index in [-0.39, 0.29) is 22.7 Å². The zero-order chi connectivity index (χ0) is 21.0. The summed E-state index contributed by atoms with van der Waals surface area (Å²) in [6.07, 6.45) is 0. The molecule has 5 rings (SSSR count). The highest BCUT2D eigenvalue weighted by Crippen LogP contribution is 2.57. The Morgan fingerprint density at radius 3 is 2.17 bits per heavy atom. The second-order valence-electron chi connectivity index (χ2n) is 6.98. The number of hydrogen-bond acceptors (Lipinski definition) is 6. The second-order valence-corrected chi connectivity index (χ2v) is 7.54. The van der Waals surface area contributed by atoms with E-state index in [9.17, 15) is 19.8 Å². The molecule has 0 unspecified atom stereocenters. The highest BCUT2D eigenvalue weighted by molar-refractivity contribution is 9.09. The molecule has 2 aliphatic rings. The van der Waals surface area contributed by atoms with Gasteiger partial charge in [0, 0.05) is 34.5 Å². The topological polar surface area (TPSA) is 105 Å². The van der Waals surface area contributed by atoms with E-state index < -0.39 is 11.6 Å². The van der Waals surface area contributed by atoms with Crippen LogP contribution in [0.1, 0.15) is 27.0 Å². The molecule has 3 aromatic rings. The van der Waals surface area contributed by atoms with Gasteiger partial charge < -0.3 is 25.0 Å². The first kappa shape index (κ1) is 18.5. The van der Waals surface area contributed by atoms with E-state index in [1.165, 1.54) is 24.3 Å². The zero-order valence-corrected chi connectivity index (χ0v) is 16.9. The number of esters is 1. The van der Waals surface area contributed by atoms with Gasteiger partial charge in [-0.05, 0) is 42.5 Å². The lowest BCUT2D eigenvalue weighted by atomic mass is 9.77. The molecule has 0 radical (unpaired) electrons. The number of fused-ring (bicyclic) bond motifs is 6. The van der Waals surface area contributed by atoms with Crippen molar-refractivity contribution in [1.82, 2.24) is 0 Å². The van der Waals surface area contributed by atoms with Gasteiger partial charge in [0.25, 0.3) is 0 Å². The minimum atomic E-state index is -1.36. The summed E-state index contributed by atoms with van der Waals surface area (Å²) in [6.45, 7) is 0. The summed E-state index contributed by atoms with van der Waals surface area (Å²) in [4.78, 5) is 24.7. The summed E-state index contributed by atoms with van der Waals surface area (Å²) < 4.78 is 11.9. The fraction of sp³-hybridized carbons (Fsp3) is 0.0909. The molecule has 30 heavy (non-hydrogen) atoms. The number of phenols is 2. The van der Waals surface area contributed by atoms with Crippen LogP contribution in [-0.2, 0) is 15.1 Å². The maximum absolute atomic E-state index is 12.8. The van der Waals surface area contributed by atoms with Gasteiger partial charge in [-0.1, -0.05) is 15.9 Å². The summed E-state index contributed by atoms with van der Waals surface area (Å²) in [7, 11) is 0. The van der Waals surface area contributed by atoms with Gasteiger partial charge in [0.15, 0.2) is 5.60 Å². The summed E-state index contributed by atoms with van der Waals surface area (Å²) >= 11 is 3.12. The lowest BCUT2D eigenvalue weighted by Crippen LogP contribution is -2.33. The van der Waals surface area contributed by atoms with Crippen LogP contribution in [0.5, 0.6) is 23.0 Å². The van der Waals surface area contributed by atoms with Gasteiger partial charge in [-0.25, -0.2) is 4.79 Å². The highest BCUT2D eigenvalue weighted by atomic mass is 79.9. The second kappa shape index (κ2) is 6.50. The number of anilines is 1. The molecule has 0 saturated heterocycles. The molecular formula is C22H14BrNO6. The quantitative estimate of drug-likeness (QED) is 0.388. The Balaban J connectivity index is 1.81. The van der Waals surface area contributed by atoms with Crippen molar-refractivity contribution >= 4 is 33.5 Å². The predicted molar refractivity (Wildman–Crippen MR) is 110 cm³/mol. The average Bonchev–Trinajstić information content (AvgIpc) is 3.00. The van der Waals surface area contributed by atoms with Crippen molar-refractivity contribution < 1.29 is 29.3 Å². The van der Waals surface area contributed by atoms with Crippen molar-refractivity contribution in [3.8, 4) is 23.0 Å². The van der Waals surface area contributed by atoms with Crippen molar-refractivity contribution in [2.45, 2.75) is 5.60 Å². The van der Waals surface area contributed by atoms with Crippen LogP contribution in [0.4, 0.5) is 5.69 Å². The fourth-order valence-electron chi connectivity index (χ4n) is 3.97. The van der Waals surface area contributed by atoms with Crippen molar-refractivity contribution in [2.24, 2.45) is 0 Å². The van der Waals surface area contributed by atoms with E-state index in [2.05, 4.69) is 21.2 Å². The van der Waals surface area contributed by atoms with Gasteiger partial charge in [-0.3, -0.25) is 4.79 Å². The summed E-state index contributed by atoms with van der Waals surface area (Å²) in [5.74, 6) is -0.210. The monoisotopic (exact) mass is 467 g/mol. The molecule has 0 bridgehead atoms. The molecule has 150 valence electrons. The lowest BCUT2D eigenvalue weighted by molar-refractivity contribution is -0.113. The van der Waals surface area contributed by atoms with Crippen molar-refractivity contribution in [2.75, 3.05) is 10.6 Å². The van der Waals surface area contributed by atoms with Gasteiger partial charge in [0.05, 0.1) is 10.9 Å². The van der Waals surface area contributed by atoms with E-state index in [4.69, 9.17) is 9.47 Å². The standard InChI is InChI=1S/C22H14BrNO6/c23-10-20(27)24-11-1-4-14-17(7-11)22(30-21(14)28)15-5-2-12(25)8-18(15)29-19-9-13(26)3-6-16(19)22/h1-9,25-26H,10H2,(H,24,27). The Hall–Kier alpha value is -3.52. The molecule has 0 atom stereocenters. The minimum Gasteiger partial charge on any atom is -0.508 e. The van der Waals surface area contributed by atoms with Gasteiger partial charge in [0.2, 0.25) is 5.91 Å². The van der Waals surface area contributed by atoms with E-state index in [1.54, 1.807) is 30.3 Å². The van der Waals surface area contributed by atoms with Gasteiger partial charge in [0.1, 0.15) is 23.0 Å². The number of phenolic OH excluding ortho intramolecular Hbond substituents is 2. The molecule has 7 nitrogen and oxygen atoms in total. The van der Waals surface area contributed by atoms with Crippen LogP contribution in [0, 0.1) is 0 Å². The van der Waals surface area contributed by atoms with Crippen molar-refractivity contribution in [3.05, 3.63) is 76.9 Å². The van der Waals surface area contributed by atoms with E-state index in [0.29, 0.717) is 39.4 Å². The Labute approximate surface area is 179 Å². The lowest BCUT2D eigenvalue weighted by Gasteiger charge is -2.36. The van der Waals surface area contributed by atoms with Crippen LogP contribution in [0.15, 0.2) is 54.6 Å². The number of aromatic hydroxyl groups is 2. The first-order valence-electron chi connectivity index (χ1n) is 9.01. The van der Waals surface area contributed by atoms with Crippen LogP contribution in [0.3, 0.4) is 0 Å². The number of halogens is 1. The zero-order valence-electron chi connectivity index (χ0n) is 15.3. The van der Waals surface area contributed by atoms with E-state index >= 15 is 0 Å². The molecule has 8 heteroatoms. The molecule has 1 amide bonds. The number of hydrogen-bond donors (Lipinski definition) is 3. The summed E-state index contributed by atoms with van der Waals surface area (Å²) in [5.41, 5.74) is 1.08. The number of carbonyl (C=O) groups is 2. The Morgan fingerprint density at radius 1 is 0.933 bits per heavy atom. The van der Waals surface area contributed by atoms with Crippen LogP contribution >= 0.6 is 15.9 Å². The number of nitrogens with one attached hydrogen (secondary N) is 1. The molecule has 0 aromatic heterocycles. The molecule has 2 heterocycles. The predicted octanol–water partition coefficient (Wildman–Crippen LogP) is 4.00.